The van der Waals surface area contributed by atoms with Gasteiger partial charge in [0.15, 0.2) is 0 Å². The molecule has 1 fully saturated rings. The molecule has 8 heteroatoms. The minimum absolute atomic E-state index is 0.346. The normalized spacial score (nSPS) is 14.2. The van der Waals surface area contributed by atoms with Gasteiger partial charge >= 0.3 is 5.97 Å². The van der Waals surface area contributed by atoms with Gasteiger partial charge in [-0.15, -0.1) is 10.2 Å². The van der Waals surface area contributed by atoms with Crippen LogP contribution in [0, 0.1) is 0 Å². The Bertz CT molecular complexity index is 1090. The lowest BCUT2D eigenvalue weighted by Gasteiger charge is -2.33. The smallest absolute Gasteiger partial charge is 0.337 e. The van der Waals surface area contributed by atoms with E-state index in [-0.39, 0.29) is 5.97 Å². The summed E-state index contributed by atoms with van der Waals surface area (Å²) in [6.45, 7) is 3.79. The Balaban J connectivity index is 1.22. The molecule has 0 unspecified atom stereocenters. The molecule has 37 heavy (non-hydrogen) atoms. The Morgan fingerprint density at radius 2 is 1.41 bits per heavy atom. The fraction of sp³-hybridized carbons (Fsp3) is 0.483. The monoisotopic (exact) mass is 523 g/mol. The molecule has 1 aliphatic heterocycles. The number of ether oxygens (including phenoxy) is 3. The number of unbranched alkanes of at least 4 members (excludes halogenated alkanes) is 4. The lowest BCUT2D eigenvalue weighted by Crippen LogP contribution is -2.37. The summed E-state index contributed by atoms with van der Waals surface area (Å²) in [7, 11) is 3.15. The number of nitrogens with zero attached hydrogens (tertiary/aromatic N) is 3. The summed E-state index contributed by atoms with van der Waals surface area (Å²) in [6, 6.07) is 15.8. The zero-order valence-electron chi connectivity index (χ0n) is 21.9. The van der Waals surface area contributed by atoms with E-state index in [4.69, 9.17) is 14.2 Å². The number of methoxy groups -OCH3 is 2. The van der Waals surface area contributed by atoms with Gasteiger partial charge in [-0.05, 0) is 62.1 Å². The maximum atomic E-state index is 11.6. The van der Waals surface area contributed by atoms with Crippen molar-refractivity contribution in [1.29, 1.82) is 0 Å². The molecule has 1 aromatic heterocycles. The first-order chi connectivity index (χ1) is 18.2. The van der Waals surface area contributed by atoms with Crippen molar-refractivity contribution in [3.05, 3.63) is 54.1 Å². The summed E-state index contributed by atoms with van der Waals surface area (Å²) in [5.41, 5.74) is 3.74. The third-order valence-corrected chi connectivity index (χ3v) is 7.77. The number of piperidine rings is 1. The molecule has 1 saturated heterocycles. The number of rotatable bonds is 13. The molecule has 2 heterocycles. The van der Waals surface area contributed by atoms with Crippen LogP contribution in [0.2, 0.25) is 0 Å². The Kier molecular flexibility index (Phi) is 10.5. The zero-order chi connectivity index (χ0) is 25.9. The third kappa shape index (κ3) is 7.84. The SMILES string of the molecule is COCCCCCCCOC1CCN(c2ccc(-c3nnc(-c4ccc(C(=O)OC)cc4)s3)cc2)CC1. The molecule has 2 aromatic carbocycles. The maximum absolute atomic E-state index is 11.6. The summed E-state index contributed by atoms with van der Waals surface area (Å²) in [4.78, 5) is 14.1. The fourth-order valence-corrected chi connectivity index (χ4v) is 5.40. The topological polar surface area (TPSA) is 73.8 Å². The van der Waals surface area contributed by atoms with E-state index in [1.165, 1.54) is 32.1 Å². The zero-order valence-corrected chi connectivity index (χ0v) is 22.7. The molecular weight excluding hydrogens is 486 g/mol. The molecular formula is C29H37N3O4S. The van der Waals surface area contributed by atoms with Gasteiger partial charge in [0.2, 0.25) is 0 Å². The van der Waals surface area contributed by atoms with Crippen LogP contribution in [0.25, 0.3) is 21.1 Å². The Morgan fingerprint density at radius 1 is 0.838 bits per heavy atom. The van der Waals surface area contributed by atoms with E-state index in [0.717, 1.165) is 73.1 Å². The highest BCUT2D eigenvalue weighted by Crippen LogP contribution is 2.31. The molecule has 0 radical (unpaired) electrons. The predicted molar refractivity (Wildman–Crippen MR) is 148 cm³/mol. The highest BCUT2D eigenvalue weighted by Gasteiger charge is 2.20. The second-order valence-electron chi connectivity index (χ2n) is 9.35. The Hall–Kier alpha value is -2.81. The number of aromatic nitrogens is 2. The van der Waals surface area contributed by atoms with Crippen molar-refractivity contribution in [1.82, 2.24) is 10.2 Å². The molecule has 4 rings (SSSR count). The number of anilines is 1. The molecule has 1 aliphatic rings. The van der Waals surface area contributed by atoms with Crippen molar-refractivity contribution in [2.24, 2.45) is 0 Å². The van der Waals surface area contributed by atoms with Gasteiger partial charge in [0.05, 0.1) is 18.8 Å². The lowest BCUT2D eigenvalue weighted by molar-refractivity contribution is 0.0347. The molecule has 0 aliphatic carbocycles. The Labute approximate surface area is 223 Å². The van der Waals surface area contributed by atoms with E-state index < -0.39 is 0 Å². The lowest BCUT2D eigenvalue weighted by atomic mass is 10.1. The standard InChI is InChI=1S/C29H37N3O4S/c1-34-20-6-4-3-5-7-21-36-26-16-18-32(19-17-26)25-14-12-23(13-15-25)28-31-30-27(37-28)22-8-10-24(11-9-22)29(33)35-2/h8-15,26H,3-7,16-21H2,1-2H3. The summed E-state index contributed by atoms with van der Waals surface area (Å²) in [5.74, 6) is -0.346. The van der Waals surface area contributed by atoms with Crippen molar-refractivity contribution >= 4 is 23.0 Å². The first kappa shape index (κ1) is 27.2. The average molecular weight is 524 g/mol. The van der Waals surface area contributed by atoms with Crippen LogP contribution in [0.15, 0.2) is 48.5 Å². The van der Waals surface area contributed by atoms with Gasteiger partial charge in [-0.3, -0.25) is 0 Å². The van der Waals surface area contributed by atoms with E-state index in [2.05, 4.69) is 39.4 Å². The average Bonchev–Trinajstić information content (AvgIpc) is 3.45. The van der Waals surface area contributed by atoms with E-state index >= 15 is 0 Å². The minimum atomic E-state index is -0.346. The van der Waals surface area contributed by atoms with Gasteiger partial charge in [-0.25, -0.2) is 4.79 Å². The van der Waals surface area contributed by atoms with Gasteiger partial charge in [0.25, 0.3) is 0 Å². The summed E-state index contributed by atoms with van der Waals surface area (Å²) in [6.07, 6.45) is 8.60. The maximum Gasteiger partial charge on any atom is 0.337 e. The van der Waals surface area contributed by atoms with Crippen LogP contribution < -0.4 is 4.90 Å². The molecule has 0 spiro atoms. The molecule has 198 valence electrons. The van der Waals surface area contributed by atoms with Gasteiger partial charge in [0.1, 0.15) is 10.0 Å². The number of esters is 1. The van der Waals surface area contributed by atoms with Crippen molar-refractivity contribution in [3.63, 3.8) is 0 Å². The molecule has 0 bridgehead atoms. The van der Waals surface area contributed by atoms with E-state index in [1.807, 2.05) is 12.1 Å². The fourth-order valence-electron chi connectivity index (χ4n) is 4.55. The number of carbonyl (C=O) groups excluding carboxylic acids is 1. The number of benzene rings is 2. The first-order valence-corrected chi connectivity index (χ1v) is 14.0. The van der Waals surface area contributed by atoms with Crippen molar-refractivity contribution in [2.45, 2.75) is 51.0 Å². The Morgan fingerprint density at radius 3 is 2.00 bits per heavy atom. The van der Waals surface area contributed by atoms with Crippen LogP contribution in [0.3, 0.4) is 0 Å². The third-order valence-electron chi connectivity index (χ3n) is 6.75. The van der Waals surface area contributed by atoms with Gasteiger partial charge in [-0.2, -0.15) is 0 Å². The van der Waals surface area contributed by atoms with Crippen LogP contribution in [0.4, 0.5) is 5.69 Å². The van der Waals surface area contributed by atoms with Gasteiger partial charge < -0.3 is 19.1 Å². The molecule has 3 aromatic rings. The van der Waals surface area contributed by atoms with Gasteiger partial charge in [-0.1, -0.05) is 42.7 Å². The van der Waals surface area contributed by atoms with Crippen molar-refractivity contribution in [2.75, 3.05) is 45.4 Å². The second-order valence-corrected chi connectivity index (χ2v) is 10.3. The first-order valence-electron chi connectivity index (χ1n) is 13.2. The summed E-state index contributed by atoms with van der Waals surface area (Å²) < 4.78 is 16.0. The highest BCUT2D eigenvalue weighted by molar-refractivity contribution is 7.17. The van der Waals surface area contributed by atoms with Crippen LogP contribution in [-0.4, -0.2) is 62.8 Å². The van der Waals surface area contributed by atoms with Crippen LogP contribution in [0.5, 0.6) is 0 Å². The molecule has 0 atom stereocenters. The molecule has 0 saturated carbocycles. The van der Waals surface area contributed by atoms with E-state index in [0.29, 0.717) is 11.7 Å². The number of hydrogen-bond donors (Lipinski definition) is 0. The van der Waals surface area contributed by atoms with E-state index in [9.17, 15) is 4.79 Å². The summed E-state index contributed by atoms with van der Waals surface area (Å²) in [5, 5.41) is 10.4. The van der Waals surface area contributed by atoms with Gasteiger partial charge in [0, 0.05) is 50.2 Å². The highest BCUT2D eigenvalue weighted by atomic mass is 32.1. The second kappa shape index (κ2) is 14.2. The summed E-state index contributed by atoms with van der Waals surface area (Å²) >= 11 is 1.54. The largest absolute Gasteiger partial charge is 0.465 e. The quantitative estimate of drug-likeness (QED) is 0.194. The van der Waals surface area contributed by atoms with Crippen LogP contribution >= 0.6 is 11.3 Å². The minimum Gasteiger partial charge on any atom is -0.465 e. The van der Waals surface area contributed by atoms with E-state index in [1.54, 1.807) is 30.6 Å². The molecule has 0 amide bonds. The van der Waals surface area contributed by atoms with Crippen molar-refractivity contribution < 1.29 is 19.0 Å². The number of carbonyl (C=O) groups is 1. The van der Waals surface area contributed by atoms with Crippen LogP contribution in [-0.2, 0) is 14.2 Å². The van der Waals surface area contributed by atoms with Crippen molar-refractivity contribution in [3.8, 4) is 21.1 Å². The number of hydrogen-bond acceptors (Lipinski definition) is 8. The predicted octanol–water partition coefficient (Wildman–Crippen LogP) is 6.24. The molecule has 7 nitrogen and oxygen atoms in total. The van der Waals surface area contributed by atoms with Crippen LogP contribution in [0.1, 0.15) is 55.3 Å². The molecule has 0 N–H and O–H groups in total.